The molecular formula is C19H41N3O3S. The highest BCUT2D eigenvalue weighted by Crippen LogP contribution is 2.05. The summed E-state index contributed by atoms with van der Waals surface area (Å²) in [7, 11) is -2.92. The molecule has 0 aromatic rings. The van der Waals surface area contributed by atoms with Crippen LogP contribution in [0.25, 0.3) is 0 Å². The van der Waals surface area contributed by atoms with Crippen LogP contribution in [0.5, 0.6) is 0 Å². The predicted molar refractivity (Wildman–Crippen MR) is 112 cm³/mol. The minimum Gasteiger partial charge on any atom is -0.381 e. The second-order valence-corrected chi connectivity index (χ2v) is 9.22. The van der Waals surface area contributed by atoms with Crippen molar-refractivity contribution in [2.24, 2.45) is 4.99 Å². The van der Waals surface area contributed by atoms with E-state index in [1.165, 1.54) is 38.4 Å². The normalized spacial score (nSPS) is 13.6. The largest absolute Gasteiger partial charge is 0.381 e. The first-order chi connectivity index (χ1) is 12.4. The van der Waals surface area contributed by atoms with Gasteiger partial charge in [-0.1, -0.05) is 39.0 Å². The fourth-order valence-corrected chi connectivity index (χ4v) is 3.24. The minimum absolute atomic E-state index is 0.0616. The van der Waals surface area contributed by atoms with Crippen LogP contribution in [0.4, 0.5) is 0 Å². The highest BCUT2D eigenvalue weighted by atomic mass is 32.2. The number of guanidine groups is 1. The molecule has 0 bridgehead atoms. The summed E-state index contributed by atoms with van der Waals surface area (Å²) in [6.45, 7) is 9.28. The van der Waals surface area contributed by atoms with Gasteiger partial charge in [-0.2, -0.15) is 0 Å². The molecule has 0 aromatic carbocycles. The van der Waals surface area contributed by atoms with Crippen LogP contribution in [0.1, 0.15) is 72.1 Å². The molecule has 0 aliphatic heterocycles. The zero-order valence-corrected chi connectivity index (χ0v) is 18.2. The molecule has 6 nitrogen and oxygen atoms in total. The van der Waals surface area contributed by atoms with E-state index in [2.05, 4.69) is 22.5 Å². The molecule has 0 amide bonds. The van der Waals surface area contributed by atoms with E-state index in [1.807, 2.05) is 13.8 Å². The zero-order valence-electron chi connectivity index (χ0n) is 17.3. The zero-order chi connectivity index (χ0) is 19.7. The number of aliphatic imine (C=N–C) groups is 1. The molecule has 156 valence electrons. The van der Waals surface area contributed by atoms with Gasteiger partial charge >= 0.3 is 0 Å². The third kappa shape index (κ3) is 18.0. The van der Waals surface area contributed by atoms with Crippen molar-refractivity contribution in [2.45, 2.75) is 78.2 Å². The van der Waals surface area contributed by atoms with Crippen molar-refractivity contribution in [3.05, 3.63) is 0 Å². The van der Waals surface area contributed by atoms with Gasteiger partial charge in [-0.25, -0.2) is 8.42 Å². The van der Waals surface area contributed by atoms with E-state index in [9.17, 15) is 8.42 Å². The average Bonchev–Trinajstić information content (AvgIpc) is 2.57. The number of hydrogen-bond donors (Lipinski definition) is 2. The van der Waals surface area contributed by atoms with Gasteiger partial charge in [-0.15, -0.1) is 0 Å². The molecule has 0 aromatic heterocycles. The molecule has 0 spiro atoms. The standard InChI is InChI=1S/C19H41N3O3S/c1-5-7-8-9-10-11-15-25-16-12-14-21-19(20-6-2)22-18(3)13-17-26(4,23)24/h18H,5-17H2,1-4H3,(H2,20,21,22). The van der Waals surface area contributed by atoms with E-state index >= 15 is 0 Å². The number of nitrogens with one attached hydrogen (secondary N) is 2. The van der Waals surface area contributed by atoms with Crippen LogP contribution in [0.3, 0.4) is 0 Å². The first-order valence-corrected chi connectivity index (χ1v) is 12.2. The molecule has 26 heavy (non-hydrogen) atoms. The lowest BCUT2D eigenvalue weighted by Gasteiger charge is -2.17. The lowest BCUT2D eigenvalue weighted by Crippen LogP contribution is -2.43. The summed E-state index contributed by atoms with van der Waals surface area (Å²) in [5.41, 5.74) is 0. The van der Waals surface area contributed by atoms with Crippen molar-refractivity contribution in [3.8, 4) is 0 Å². The molecule has 0 aliphatic rings. The second kappa shape index (κ2) is 16.4. The lowest BCUT2D eigenvalue weighted by atomic mass is 10.1. The number of sulfone groups is 1. The number of nitrogens with zero attached hydrogens (tertiary/aromatic N) is 1. The fourth-order valence-electron chi connectivity index (χ4n) is 2.46. The average molecular weight is 392 g/mol. The Morgan fingerprint density at radius 3 is 2.35 bits per heavy atom. The third-order valence-electron chi connectivity index (χ3n) is 4.01. The topological polar surface area (TPSA) is 79.8 Å². The Hall–Kier alpha value is -0.820. The Bertz CT molecular complexity index is 453. The van der Waals surface area contributed by atoms with Crippen molar-refractivity contribution in [1.82, 2.24) is 10.6 Å². The summed E-state index contributed by atoms with van der Waals surface area (Å²) < 4.78 is 28.2. The highest BCUT2D eigenvalue weighted by molar-refractivity contribution is 7.90. The summed E-state index contributed by atoms with van der Waals surface area (Å²) in [4.78, 5) is 4.53. The van der Waals surface area contributed by atoms with Crippen molar-refractivity contribution in [1.29, 1.82) is 0 Å². The van der Waals surface area contributed by atoms with Gasteiger partial charge in [0.1, 0.15) is 9.84 Å². The summed E-state index contributed by atoms with van der Waals surface area (Å²) >= 11 is 0. The van der Waals surface area contributed by atoms with Crippen LogP contribution >= 0.6 is 0 Å². The molecule has 1 atom stereocenters. The SMILES string of the molecule is CCCCCCCCOCCCN=C(NCC)NC(C)CCS(C)(=O)=O. The Kier molecular flexibility index (Phi) is 15.8. The number of ether oxygens (including phenoxy) is 1. The number of hydrogen-bond acceptors (Lipinski definition) is 4. The Balaban J connectivity index is 3.83. The van der Waals surface area contributed by atoms with E-state index in [-0.39, 0.29) is 11.8 Å². The lowest BCUT2D eigenvalue weighted by molar-refractivity contribution is 0.129. The van der Waals surface area contributed by atoms with Gasteiger partial charge in [0.2, 0.25) is 0 Å². The van der Waals surface area contributed by atoms with Crippen LogP contribution in [-0.4, -0.2) is 58.7 Å². The van der Waals surface area contributed by atoms with Gasteiger partial charge in [0, 0.05) is 38.6 Å². The van der Waals surface area contributed by atoms with Gasteiger partial charge in [0.25, 0.3) is 0 Å². The molecule has 1 unspecified atom stereocenters. The van der Waals surface area contributed by atoms with E-state index in [4.69, 9.17) is 4.74 Å². The summed E-state index contributed by atoms with van der Waals surface area (Å²) in [6.07, 6.45) is 10.4. The summed E-state index contributed by atoms with van der Waals surface area (Å²) in [5.74, 6) is 0.928. The maximum Gasteiger partial charge on any atom is 0.191 e. The van der Waals surface area contributed by atoms with Crippen LogP contribution in [0.2, 0.25) is 0 Å². The maximum atomic E-state index is 11.2. The molecule has 0 heterocycles. The molecule has 2 N–H and O–H groups in total. The number of unbranched alkanes of at least 4 members (excludes halogenated alkanes) is 5. The van der Waals surface area contributed by atoms with Gasteiger partial charge in [-0.3, -0.25) is 4.99 Å². The van der Waals surface area contributed by atoms with E-state index in [0.717, 1.165) is 38.6 Å². The predicted octanol–water partition coefficient (Wildman–Crippen LogP) is 3.13. The highest BCUT2D eigenvalue weighted by Gasteiger charge is 2.09. The van der Waals surface area contributed by atoms with Crippen molar-refractivity contribution >= 4 is 15.8 Å². The minimum atomic E-state index is -2.92. The van der Waals surface area contributed by atoms with Gasteiger partial charge in [-0.05, 0) is 33.1 Å². The van der Waals surface area contributed by atoms with Gasteiger partial charge in [0.15, 0.2) is 5.96 Å². The molecule has 7 heteroatoms. The fraction of sp³-hybridized carbons (Fsp3) is 0.947. The quantitative estimate of drug-likeness (QED) is 0.240. The first kappa shape index (κ1) is 25.2. The van der Waals surface area contributed by atoms with Crippen LogP contribution in [0, 0.1) is 0 Å². The number of rotatable bonds is 16. The van der Waals surface area contributed by atoms with Crippen molar-refractivity contribution in [3.63, 3.8) is 0 Å². The molecule has 0 fully saturated rings. The summed E-state index contributed by atoms with van der Waals surface area (Å²) in [5, 5.41) is 6.45. The maximum absolute atomic E-state index is 11.2. The van der Waals surface area contributed by atoms with Gasteiger partial charge < -0.3 is 15.4 Å². The Morgan fingerprint density at radius 2 is 1.69 bits per heavy atom. The van der Waals surface area contributed by atoms with Gasteiger partial charge in [0.05, 0.1) is 5.75 Å². The first-order valence-electron chi connectivity index (χ1n) is 10.2. The molecular weight excluding hydrogens is 350 g/mol. The molecule has 0 saturated carbocycles. The third-order valence-corrected chi connectivity index (χ3v) is 4.99. The second-order valence-electron chi connectivity index (χ2n) is 6.96. The van der Waals surface area contributed by atoms with Crippen molar-refractivity contribution in [2.75, 3.05) is 38.3 Å². The monoisotopic (exact) mass is 391 g/mol. The van der Waals surface area contributed by atoms with Crippen LogP contribution < -0.4 is 10.6 Å². The smallest absolute Gasteiger partial charge is 0.191 e. The summed E-state index contributed by atoms with van der Waals surface area (Å²) in [6, 6.07) is 0.0616. The Morgan fingerprint density at radius 1 is 1.04 bits per heavy atom. The van der Waals surface area contributed by atoms with E-state index < -0.39 is 9.84 Å². The van der Waals surface area contributed by atoms with Crippen LogP contribution in [0.15, 0.2) is 4.99 Å². The van der Waals surface area contributed by atoms with E-state index in [1.54, 1.807) is 0 Å². The molecule has 0 rings (SSSR count). The van der Waals surface area contributed by atoms with E-state index in [0.29, 0.717) is 13.0 Å². The molecule has 0 radical (unpaired) electrons. The molecule has 0 saturated heterocycles. The molecule has 0 aliphatic carbocycles. The van der Waals surface area contributed by atoms with Crippen LogP contribution in [-0.2, 0) is 14.6 Å². The Labute approximate surface area is 161 Å². The van der Waals surface area contributed by atoms with Crippen molar-refractivity contribution < 1.29 is 13.2 Å².